The molecule has 23 heavy (non-hydrogen) atoms. The lowest BCUT2D eigenvalue weighted by Crippen LogP contribution is -2.31. The number of hydrogen-bond acceptors (Lipinski definition) is 5. The Kier molecular flexibility index (Phi) is 4.47. The Labute approximate surface area is 138 Å². The van der Waals surface area contributed by atoms with Gasteiger partial charge in [0.25, 0.3) is 5.56 Å². The van der Waals surface area contributed by atoms with Crippen LogP contribution in [-0.2, 0) is 11.3 Å². The summed E-state index contributed by atoms with van der Waals surface area (Å²) >= 11 is 1.53. The number of aryl methyl sites for hydroxylation is 1. The van der Waals surface area contributed by atoms with E-state index < -0.39 is 0 Å². The molecule has 2 aromatic rings. The number of fused-ring (bicyclic) bond motifs is 1. The molecule has 0 bridgehead atoms. The quantitative estimate of drug-likeness (QED) is 0.862. The summed E-state index contributed by atoms with van der Waals surface area (Å²) in [6.07, 6.45) is 3.68. The first-order valence-electron chi connectivity index (χ1n) is 7.44. The van der Waals surface area contributed by atoms with Crippen molar-refractivity contribution >= 4 is 17.7 Å². The number of rotatable bonds is 4. The summed E-state index contributed by atoms with van der Waals surface area (Å²) in [5, 5.41) is 3.60. The monoisotopic (exact) mass is 330 g/mol. The number of thioether (sulfide) groups is 1. The van der Waals surface area contributed by atoms with Crippen molar-refractivity contribution < 1.29 is 4.79 Å². The smallest absolute Gasteiger partial charge is 0.257 e. The van der Waals surface area contributed by atoms with Crippen LogP contribution in [0.1, 0.15) is 29.3 Å². The largest absolute Gasteiger partial charge is 0.352 e. The fourth-order valence-electron chi connectivity index (χ4n) is 2.51. The van der Waals surface area contributed by atoms with Crippen LogP contribution in [0.15, 0.2) is 34.5 Å². The van der Waals surface area contributed by atoms with Crippen molar-refractivity contribution in [3.8, 4) is 0 Å². The lowest BCUT2D eigenvalue weighted by molar-refractivity contribution is -0.121. The van der Waals surface area contributed by atoms with Gasteiger partial charge in [-0.1, -0.05) is 11.8 Å². The van der Waals surface area contributed by atoms with Crippen molar-refractivity contribution in [2.45, 2.75) is 38.0 Å². The minimum atomic E-state index is -0.133. The number of nitrogens with one attached hydrogen (secondary N) is 1. The average Bonchev–Trinajstić information content (AvgIpc) is 2.94. The molecule has 0 saturated heterocycles. The zero-order valence-corrected chi connectivity index (χ0v) is 13.9. The van der Waals surface area contributed by atoms with Crippen molar-refractivity contribution in [2.24, 2.45) is 0 Å². The molecule has 0 aliphatic carbocycles. The summed E-state index contributed by atoms with van der Waals surface area (Å²) in [5.41, 5.74) is 2.37. The van der Waals surface area contributed by atoms with Crippen LogP contribution in [0.2, 0.25) is 0 Å². The minimum Gasteiger partial charge on any atom is -0.352 e. The van der Waals surface area contributed by atoms with Crippen LogP contribution >= 0.6 is 11.8 Å². The summed E-state index contributed by atoms with van der Waals surface area (Å²) < 4.78 is 1.67. The van der Waals surface area contributed by atoms with Crippen LogP contribution in [0, 0.1) is 13.8 Å². The van der Waals surface area contributed by atoms with E-state index in [1.54, 1.807) is 23.9 Å². The second kappa shape index (κ2) is 6.54. The Hall–Kier alpha value is -2.15. The maximum atomic E-state index is 12.4. The Morgan fingerprint density at radius 2 is 2.13 bits per heavy atom. The van der Waals surface area contributed by atoms with Gasteiger partial charge in [-0.05, 0) is 31.5 Å². The van der Waals surface area contributed by atoms with E-state index >= 15 is 0 Å². The van der Waals surface area contributed by atoms with Gasteiger partial charge in [0.2, 0.25) is 5.91 Å². The number of carbonyl (C=O) groups excluding carboxylic acids is 1. The Morgan fingerprint density at radius 3 is 2.87 bits per heavy atom. The standard InChI is InChI=1S/C16H18N4O2S/c1-10-11(2)19-16-20(15(10)22)13(9-23-16)7-14(21)18-8-12-3-5-17-6-4-12/h3-6,13H,7-9H2,1-2H3,(H,18,21). The highest BCUT2D eigenvalue weighted by Crippen LogP contribution is 2.32. The number of nitrogens with zero attached hydrogens (tertiary/aromatic N) is 3. The lowest BCUT2D eigenvalue weighted by atomic mass is 10.2. The van der Waals surface area contributed by atoms with Crippen LogP contribution in [-0.4, -0.2) is 26.2 Å². The number of carbonyl (C=O) groups is 1. The molecule has 120 valence electrons. The third-order valence-electron chi connectivity index (χ3n) is 3.98. The van der Waals surface area contributed by atoms with E-state index in [2.05, 4.69) is 15.3 Å². The number of amides is 1. The molecule has 6 nitrogen and oxygen atoms in total. The molecule has 1 aliphatic heterocycles. The Morgan fingerprint density at radius 1 is 1.39 bits per heavy atom. The Bertz CT molecular complexity index is 789. The molecular weight excluding hydrogens is 312 g/mol. The van der Waals surface area contributed by atoms with E-state index in [1.807, 2.05) is 19.1 Å². The van der Waals surface area contributed by atoms with E-state index in [4.69, 9.17) is 0 Å². The fourth-order valence-corrected chi connectivity index (χ4v) is 3.69. The van der Waals surface area contributed by atoms with Gasteiger partial charge in [-0.15, -0.1) is 0 Å². The van der Waals surface area contributed by atoms with E-state index in [9.17, 15) is 9.59 Å². The molecule has 0 saturated carbocycles. The van der Waals surface area contributed by atoms with Gasteiger partial charge >= 0.3 is 0 Å². The molecule has 0 spiro atoms. The number of hydrogen-bond donors (Lipinski definition) is 1. The zero-order chi connectivity index (χ0) is 16.4. The molecular formula is C16H18N4O2S. The van der Waals surface area contributed by atoms with Crippen LogP contribution in [0.3, 0.4) is 0 Å². The Balaban J connectivity index is 1.68. The summed E-state index contributed by atoms with van der Waals surface area (Å²) in [7, 11) is 0. The first kappa shape index (κ1) is 15.7. The first-order chi connectivity index (χ1) is 11.1. The number of aromatic nitrogens is 3. The van der Waals surface area contributed by atoms with Gasteiger partial charge in [-0.2, -0.15) is 0 Å². The van der Waals surface area contributed by atoms with Gasteiger partial charge in [0.1, 0.15) is 0 Å². The van der Waals surface area contributed by atoms with Gasteiger partial charge in [0.15, 0.2) is 5.16 Å². The van der Waals surface area contributed by atoms with Crippen molar-refractivity contribution in [1.82, 2.24) is 19.9 Å². The molecule has 0 radical (unpaired) electrons. The molecule has 1 atom stereocenters. The summed E-state index contributed by atoms with van der Waals surface area (Å²) in [4.78, 5) is 33.0. The predicted molar refractivity (Wildman–Crippen MR) is 88.4 cm³/mol. The maximum Gasteiger partial charge on any atom is 0.257 e. The van der Waals surface area contributed by atoms with Crippen LogP contribution < -0.4 is 10.9 Å². The van der Waals surface area contributed by atoms with Gasteiger partial charge < -0.3 is 5.32 Å². The van der Waals surface area contributed by atoms with Crippen LogP contribution in [0.5, 0.6) is 0 Å². The van der Waals surface area contributed by atoms with Crippen LogP contribution in [0.4, 0.5) is 0 Å². The molecule has 1 unspecified atom stereocenters. The van der Waals surface area contributed by atoms with Gasteiger partial charge in [-0.25, -0.2) is 4.98 Å². The molecule has 0 aromatic carbocycles. The average molecular weight is 330 g/mol. The van der Waals surface area contributed by atoms with Crippen LogP contribution in [0.25, 0.3) is 0 Å². The van der Waals surface area contributed by atoms with Gasteiger partial charge in [-0.3, -0.25) is 19.1 Å². The molecule has 3 rings (SSSR count). The third-order valence-corrected chi connectivity index (χ3v) is 5.08. The van der Waals surface area contributed by atoms with Gasteiger partial charge in [0, 0.05) is 42.4 Å². The van der Waals surface area contributed by atoms with Crippen molar-refractivity contribution in [3.63, 3.8) is 0 Å². The van der Waals surface area contributed by atoms with Crippen molar-refractivity contribution in [3.05, 3.63) is 51.7 Å². The molecule has 0 fully saturated rings. The normalized spacial score (nSPS) is 16.2. The highest BCUT2D eigenvalue weighted by atomic mass is 32.2. The third kappa shape index (κ3) is 3.29. The highest BCUT2D eigenvalue weighted by Gasteiger charge is 2.28. The van der Waals surface area contributed by atoms with E-state index in [-0.39, 0.29) is 23.9 Å². The maximum absolute atomic E-state index is 12.4. The molecule has 3 heterocycles. The van der Waals surface area contributed by atoms with Crippen molar-refractivity contribution in [1.29, 1.82) is 0 Å². The second-order valence-corrected chi connectivity index (χ2v) is 6.57. The molecule has 2 aromatic heterocycles. The molecule has 7 heteroatoms. The highest BCUT2D eigenvalue weighted by molar-refractivity contribution is 7.99. The van der Waals surface area contributed by atoms with E-state index in [1.165, 1.54) is 11.8 Å². The SMILES string of the molecule is Cc1nc2n(c(=O)c1C)C(CC(=O)NCc1ccncc1)CS2. The topological polar surface area (TPSA) is 76.9 Å². The van der Waals surface area contributed by atoms with E-state index in [0.717, 1.165) is 11.3 Å². The predicted octanol–water partition coefficient (Wildman–Crippen LogP) is 1.61. The van der Waals surface area contributed by atoms with Gasteiger partial charge in [0.05, 0.1) is 6.04 Å². The number of pyridine rings is 1. The lowest BCUT2D eigenvalue weighted by Gasteiger charge is -2.14. The zero-order valence-electron chi connectivity index (χ0n) is 13.1. The first-order valence-corrected chi connectivity index (χ1v) is 8.43. The summed E-state index contributed by atoms with van der Waals surface area (Å²) in [5.74, 6) is 0.638. The summed E-state index contributed by atoms with van der Waals surface area (Å²) in [6.45, 7) is 4.09. The van der Waals surface area contributed by atoms with Crippen molar-refractivity contribution in [2.75, 3.05) is 5.75 Å². The molecule has 1 aliphatic rings. The minimum absolute atomic E-state index is 0.0376. The fraction of sp³-hybridized carbons (Fsp3) is 0.375. The molecule has 1 amide bonds. The summed E-state index contributed by atoms with van der Waals surface area (Å²) in [6, 6.07) is 3.59. The molecule has 1 N–H and O–H groups in total. The second-order valence-electron chi connectivity index (χ2n) is 5.58. The van der Waals surface area contributed by atoms with E-state index in [0.29, 0.717) is 23.0 Å².